The minimum Gasteiger partial charge on any atom is -0.228 e. The molecule has 2 aromatic rings. The second-order valence-corrected chi connectivity index (χ2v) is 7.10. The SMILES string of the molecule is Brc1ccc(-c2nc(Br)sc2Br)cc1. The molecule has 14 heavy (non-hydrogen) atoms. The van der Waals surface area contributed by atoms with E-state index in [0.717, 1.165) is 23.4 Å². The van der Waals surface area contributed by atoms with E-state index in [2.05, 4.69) is 52.8 Å². The van der Waals surface area contributed by atoms with Gasteiger partial charge in [0.1, 0.15) is 0 Å². The Morgan fingerprint density at radius 2 is 1.64 bits per heavy atom. The minimum atomic E-state index is 0.891. The van der Waals surface area contributed by atoms with Gasteiger partial charge >= 0.3 is 0 Å². The molecule has 0 amide bonds. The van der Waals surface area contributed by atoms with Gasteiger partial charge in [-0.05, 0) is 44.0 Å². The van der Waals surface area contributed by atoms with Crippen molar-refractivity contribution in [3.63, 3.8) is 0 Å². The molecule has 0 saturated carbocycles. The van der Waals surface area contributed by atoms with Crippen molar-refractivity contribution in [2.75, 3.05) is 0 Å². The zero-order chi connectivity index (χ0) is 10.1. The molecule has 2 rings (SSSR count). The predicted molar refractivity (Wildman–Crippen MR) is 70.7 cm³/mol. The number of hydrogen-bond donors (Lipinski definition) is 0. The van der Waals surface area contributed by atoms with Gasteiger partial charge in [-0.3, -0.25) is 0 Å². The van der Waals surface area contributed by atoms with E-state index in [1.54, 1.807) is 11.3 Å². The number of benzene rings is 1. The Labute approximate surface area is 111 Å². The minimum absolute atomic E-state index is 0.891. The van der Waals surface area contributed by atoms with Crippen molar-refractivity contribution in [1.82, 2.24) is 4.98 Å². The van der Waals surface area contributed by atoms with E-state index >= 15 is 0 Å². The van der Waals surface area contributed by atoms with Crippen molar-refractivity contribution in [3.05, 3.63) is 36.4 Å². The van der Waals surface area contributed by atoms with Crippen molar-refractivity contribution in [3.8, 4) is 11.3 Å². The fraction of sp³-hybridized carbons (Fsp3) is 0. The summed E-state index contributed by atoms with van der Waals surface area (Å²) < 4.78 is 3.01. The molecule has 0 saturated heterocycles. The van der Waals surface area contributed by atoms with E-state index in [1.165, 1.54) is 0 Å². The highest BCUT2D eigenvalue weighted by molar-refractivity contribution is 9.12. The highest BCUT2D eigenvalue weighted by Crippen LogP contribution is 2.35. The molecule has 0 atom stereocenters. The molecule has 0 spiro atoms. The van der Waals surface area contributed by atoms with Crippen molar-refractivity contribution in [2.45, 2.75) is 0 Å². The van der Waals surface area contributed by atoms with Gasteiger partial charge < -0.3 is 0 Å². The van der Waals surface area contributed by atoms with Crippen LogP contribution in [0.1, 0.15) is 0 Å². The Balaban J connectivity index is 2.49. The highest BCUT2D eigenvalue weighted by atomic mass is 79.9. The van der Waals surface area contributed by atoms with Crippen LogP contribution in [0.3, 0.4) is 0 Å². The lowest BCUT2D eigenvalue weighted by Crippen LogP contribution is -1.77. The van der Waals surface area contributed by atoms with Gasteiger partial charge in [-0.2, -0.15) is 0 Å². The Morgan fingerprint density at radius 3 is 2.14 bits per heavy atom. The molecule has 0 fully saturated rings. The van der Waals surface area contributed by atoms with E-state index in [9.17, 15) is 0 Å². The molecule has 0 aliphatic rings. The topological polar surface area (TPSA) is 12.9 Å². The van der Waals surface area contributed by atoms with Crippen LogP contribution >= 0.6 is 59.1 Å². The van der Waals surface area contributed by atoms with E-state index in [4.69, 9.17) is 0 Å². The molecule has 5 heteroatoms. The molecular weight excluding hydrogens is 394 g/mol. The van der Waals surface area contributed by atoms with Crippen LogP contribution in [-0.2, 0) is 0 Å². The second kappa shape index (κ2) is 4.43. The highest BCUT2D eigenvalue weighted by Gasteiger charge is 2.08. The molecule has 1 heterocycles. The van der Waals surface area contributed by atoms with Gasteiger partial charge in [0.25, 0.3) is 0 Å². The maximum absolute atomic E-state index is 4.38. The molecular formula is C9H4Br3NS. The second-order valence-electron chi connectivity index (χ2n) is 2.60. The summed E-state index contributed by atoms with van der Waals surface area (Å²) in [6.07, 6.45) is 0. The summed E-state index contributed by atoms with van der Waals surface area (Å²) in [7, 11) is 0. The quantitative estimate of drug-likeness (QED) is 0.652. The lowest BCUT2D eigenvalue weighted by atomic mass is 10.2. The number of thiazole rings is 1. The first-order valence-corrected chi connectivity index (χ1v) is 6.94. The lowest BCUT2D eigenvalue weighted by molar-refractivity contribution is 1.36. The fourth-order valence-electron chi connectivity index (χ4n) is 1.06. The maximum Gasteiger partial charge on any atom is 0.160 e. The zero-order valence-corrected chi connectivity index (χ0v) is 12.4. The van der Waals surface area contributed by atoms with Crippen LogP contribution in [0.2, 0.25) is 0 Å². The third-order valence-electron chi connectivity index (χ3n) is 1.68. The van der Waals surface area contributed by atoms with E-state index in [1.807, 2.05) is 24.3 Å². The van der Waals surface area contributed by atoms with E-state index in [0.29, 0.717) is 0 Å². The van der Waals surface area contributed by atoms with Crippen LogP contribution in [0.15, 0.2) is 36.4 Å². The number of hydrogen-bond acceptors (Lipinski definition) is 2. The zero-order valence-electron chi connectivity index (χ0n) is 6.80. The van der Waals surface area contributed by atoms with Crippen molar-refractivity contribution < 1.29 is 0 Å². The first-order valence-electron chi connectivity index (χ1n) is 3.74. The predicted octanol–water partition coefficient (Wildman–Crippen LogP) is 5.10. The molecule has 0 aliphatic carbocycles. The first kappa shape index (κ1) is 10.8. The van der Waals surface area contributed by atoms with Crippen molar-refractivity contribution in [1.29, 1.82) is 0 Å². The Morgan fingerprint density at radius 1 is 1.00 bits per heavy atom. The van der Waals surface area contributed by atoms with Gasteiger partial charge in [0, 0.05) is 10.0 Å². The molecule has 1 nitrogen and oxygen atoms in total. The van der Waals surface area contributed by atoms with Crippen LogP contribution in [0.5, 0.6) is 0 Å². The average Bonchev–Trinajstić information content (AvgIpc) is 2.47. The Bertz CT molecular complexity index is 450. The first-order chi connectivity index (χ1) is 6.66. The summed E-state index contributed by atoms with van der Waals surface area (Å²) in [5, 5.41) is 0. The van der Waals surface area contributed by atoms with Crippen LogP contribution in [0.4, 0.5) is 0 Å². The summed E-state index contributed by atoms with van der Waals surface area (Å²) in [6, 6.07) is 8.09. The molecule has 0 bridgehead atoms. The number of nitrogens with zero attached hydrogens (tertiary/aromatic N) is 1. The van der Waals surface area contributed by atoms with Gasteiger partial charge in [0.15, 0.2) is 3.92 Å². The Hall–Kier alpha value is 0.290. The van der Waals surface area contributed by atoms with E-state index < -0.39 is 0 Å². The summed E-state index contributed by atoms with van der Waals surface area (Å²) in [5.74, 6) is 0. The monoisotopic (exact) mass is 395 g/mol. The summed E-state index contributed by atoms with van der Waals surface area (Å²) in [5.41, 5.74) is 2.09. The van der Waals surface area contributed by atoms with Crippen molar-refractivity contribution in [2.24, 2.45) is 0 Å². The molecule has 72 valence electrons. The smallest absolute Gasteiger partial charge is 0.160 e. The van der Waals surface area contributed by atoms with Crippen LogP contribution in [0, 0.1) is 0 Å². The molecule has 0 radical (unpaired) electrons. The molecule has 0 aliphatic heterocycles. The summed E-state index contributed by atoms with van der Waals surface area (Å²) in [6.45, 7) is 0. The standard InChI is InChI=1S/C9H4Br3NS/c10-6-3-1-5(2-4-6)7-8(11)14-9(12)13-7/h1-4H. The van der Waals surface area contributed by atoms with Crippen molar-refractivity contribution >= 4 is 59.1 Å². The van der Waals surface area contributed by atoms with Gasteiger partial charge in [-0.15, -0.1) is 0 Å². The average molecular weight is 398 g/mol. The maximum atomic E-state index is 4.38. The van der Waals surface area contributed by atoms with Gasteiger partial charge in [0.05, 0.1) is 9.48 Å². The fourth-order valence-corrected chi connectivity index (χ4v) is 3.96. The largest absolute Gasteiger partial charge is 0.228 e. The van der Waals surface area contributed by atoms with Gasteiger partial charge in [-0.25, -0.2) is 4.98 Å². The Kier molecular flexibility index (Phi) is 3.42. The number of aromatic nitrogens is 1. The number of halogens is 3. The normalized spacial score (nSPS) is 10.5. The van der Waals surface area contributed by atoms with Crippen LogP contribution in [-0.4, -0.2) is 4.98 Å². The third kappa shape index (κ3) is 2.27. The lowest BCUT2D eigenvalue weighted by Gasteiger charge is -1.97. The van der Waals surface area contributed by atoms with Gasteiger partial charge in [-0.1, -0.05) is 39.4 Å². The van der Waals surface area contributed by atoms with Crippen LogP contribution < -0.4 is 0 Å². The molecule has 1 aromatic carbocycles. The molecule has 1 aromatic heterocycles. The molecule has 0 unspecified atom stereocenters. The third-order valence-corrected chi connectivity index (χ3v) is 4.36. The van der Waals surface area contributed by atoms with E-state index in [-0.39, 0.29) is 0 Å². The number of rotatable bonds is 1. The van der Waals surface area contributed by atoms with Crippen LogP contribution in [0.25, 0.3) is 11.3 Å². The molecule has 0 N–H and O–H groups in total. The van der Waals surface area contributed by atoms with Gasteiger partial charge in [0.2, 0.25) is 0 Å². The summed E-state index contributed by atoms with van der Waals surface area (Å²) >= 11 is 11.8. The summed E-state index contributed by atoms with van der Waals surface area (Å²) in [4.78, 5) is 4.38.